The van der Waals surface area contributed by atoms with Gasteiger partial charge >= 0.3 is 0 Å². The summed E-state index contributed by atoms with van der Waals surface area (Å²) < 4.78 is 0. The van der Waals surface area contributed by atoms with Crippen molar-refractivity contribution in [2.45, 2.75) is 51.5 Å². The Hall–Kier alpha value is -1.10. The Morgan fingerprint density at radius 2 is 2.11 bits per heavy atom. The number of primary amides is 1. The molecule has 1 aliphatic rings. The lowest BCUT2D eigenvalue weighted by molar-refractivity contribution is -0.141. The molecule has 5 heteroatoms. The number of nitrogens with two attached hydrogens (primary N) is 1. The van der Waals surface area contributed by atoms with E-state index in [1.165, 1.54) is 0 Å². The van der Waals surface area contributed by atoms with Gasteiger partial charge in [0.15, 0.2) is 0 Å². The summed E-state index contributed by atoms with van der Waals surface area (Å²) in [7, 11) is 0. The van der Waals surface area contributed by atoms with Crippen molar-refractivity contribution in [2.75, 3.05) is 19.6 Å². The normalized spacial score (nSPS) is 23.7. The highest BCUT2D eigenvalue weighted by Gasteiger charge is 2.37. The zero-order valence-corrected chi connectivity index (χ0v) is 11.5. The van der Waals surface area contributed by atoms with Gasteiger partial charge in [0.05, 0.1) is 12.1 Å². The van der Waals surface area contributed by atoms with Crippen molar-refractivity contribution in [3.8, 4) is 0 Å². The summed E-state index contributed by atoms with van der Waals surface area (Å²) in [5.41, 5.74) is 4.70. The number of nitrogens with one attached hydrogen (secondary N) is 1. The molecule has 1 saturated heterocycles. The molecule has 0 radical (unpaired) electrons. The summed E-state index contributed by atoms with van der Waals surface area (Å²) in [6.45, 7) is 5.48. The summed E-state index contributed by atoms with van der Waals surface area (Å²) in [4.78, 5) is 25.2. The largest absolute Gasteiger partial charge is 0.368 e. The molecule has 1 heterocycles. The van der Waals surface area contributed by atoms with Crippen LogP contribution in [0.2, 0.25) is 0 Å². The van der Waals surface area contributed by atoms with Crippen LogP contribution in [0, 0.1) is 0 Å². The Labute approximate surface area is 109 Å². The Morgan fingerprint density at radius 1 is 1.39 bits per heavy atom. The summed E-state index contributed by atoms with van der Waals surface area (Å²) in [5, 5.41) is 3.28. The smallest absolute Gasteiger partial charge is 0.243 e. The van der Waals surface area contributed by atoms with Crippen LogP contribution in [0.3, 0.4) is 0 Å². The van der Waals surface area contributed by atoms with Gasteiger partial charge in [0.2, 0.25) is 11.8 Å². The zero-order chi connectivity index (χ0) is 13.6. The molecule has 0 aliphatic carbocycles. The molecule has 0 aromatic carbocycles. The minimum atomic E-state index is -0.526. The molecule has 18 heavy (non-hydrogen) atoms. The van der Waals surface area contributed by atoms with Crippen LogP contribution in [-0.4, -0.2) is 41.9 Å². The quantitative estimate of drug-likeness (QED) is 0.731. The van der Waals surface area contributed by atoms with Gasteiger partial charge in [-0.05, 0) is 39.2 Å². The Morgan fingerprint density at radius 3 is 2.61 bits per heavy atom. The third-order valence-electron chi connectivity index (χ3n) is 3.51. The van der Waals surface area contributed by atoms with Crippen LogP contribution in [-0.2, 0) is 9.59 Å². The molecule has 0 saturated carbocycles. The summed E-state index contributed by atoms with van der Waals surface area (Å²) in [6.07, 6.45) is 4.87. The number of rotatable bonds is 6. The second-order valence-corrected chi connectivity index (χ2v) is 5.26. The Kier molecular flexibility index (Phi) is 5.59. The number of piperidine rings is 1. The molecular formula is C13H25N3O2. The van der Waals surface area contributed by atoms with E-state index in [1.54, 1.807) is 4.90 Å². The van der Waals surface area contributed by atoms with E-state index in [1.807, 2.05) is 6.92 Å². The van der Waals surface area contributed by atoms with Crippen molar-refractivity contribution in [1.29, 1.82) is 0 Å². The fourth-order valence-corrected chi connectivity index (χ4v) is 2.38. The van der Waals surface area contributed by atoms with Gasteiger partial charge in [-0.25, -0.2) is 0 Å². The predicted molar refractivity (Wildman–Crippen MR) is 70.9 cm³/mol. The van der Waals surface area contributed by atoms with E-state index in [9.17, 15) is 9.59 Å². The van der Waals surface area contributed by atoms with E-state index in [2.05, 4.69) is 12.2 Å². The number of nitrogens with zero attached hydrogens (tertiary/aromatic N) is 1. The van der Waals surface area contributed by atoms with E-state index < -0.39 is 11.4 Å². The van der Waals surface area contributed by atoms with Crippen LogP contribution in [0.4, 0.5) is 0 Å². The monoisotopic (exact) mass is 255 g/mol. The Balaban J connectivity index is 2.69. The first-order chi connectivity index (χ1) is 8.49. The molecule has 1 unspecified atom stereocenters. The zero-order valence-electron chi connectivity index (χ0n) is 11.5. The third kappa shape index (κ3) is 3.98. The molecule has 104 valence electrons. The lowest BCUT2D eigenvalue weighted by Gasteiger charge is -2.37. The summed E-state index contributed by atoms with van der Waals surface area (Å²) in [5.74, 6) is -0.437. The molecule has 0 spiro atoms. The van der Waals surface area contributed by atoms with Gasteiger partial charge in [-0.3, -0.25) is 9.59 Å². The van der Waals surface area contributed by atoms with Gasteiger partial charge in [0.1, 0.15) is 0 Å². The predicted octanol–water partition coefficient (Wildman–Crippen LogP) is 0.633. The van der Waals surface area contributed by atoms with Crippen LogP contribution in [0.15, 0.2) is 0 Å². The van der Waals surface area contributed by atoms with Crippen LogP contribution >= 0.6 is 0 Å². The molecule has 0 aromatic heterocycles. The summed E-state index contributed by atoms with van der Waals surface area (Å²) in [6, 6.07) is 0. The van der Waals surface area contributed by atoms with E-state index in [0.29, 0.717) is 6.54 Å². The molecule has 1 aliphatic heterocycles. The van der Waals surface area contributed by atoms with Crippen molar-refractivity contribution in [1.82, 2.24) is 10.2 Å². The number of carbonyl (C=O) groups is 2. The minimum Gasteiger partial charge on any atom is -0.368 e. The number of carbonyl (C=O) groups excluding carboxylic acids is 2. The van der Waals surface area contributed by atoms with Crippen molar-refractivity contribution < 1.29 is 9.59 Å². The van der Waals surface area contributed by atoms with Crippen LogP contribution < -0.4 is 11.1 Å². The first-order valence-electron chi connectivity index (χ1n) is 6.82. The fraction of sp³-hybridized carbons (Fsp3) is 0.846. The number of hydrogen-bond donors (Lipinski definition) is 2. The van der Waals surface area contributed by atoms with Crippen molar-refractivity contribution in [2.24, 2.45) is 5.73 Å². The molecular weight excluding hydrogens is 230 g/mol. The van der Waals surface area contributed by atoms with E-state index >= 15 is 0 Å². The molecule has 0 bridgehead atoms. The highest BCUT2D eigenvalue weighted by atomic mass is 16.2. The summed E-state index contributed by atoms with van der Waals surface area (Å²) >= 11 is 0. The number of unbranched alkanes of at least 4 members (excludes halogenated alkanes) is 1. The fourth-order valence-electron chi connectivity index (χ4n) is 2.38. The molecule has 3 N–H and O–H groups in total. The number of hydrogen-bond acceptors (Lipinski definition) is 3. The minimum absolute atomic E-state index is 0.00875. The van der Waals surface area contributed by atoms with Crippen LogP contribution in [0.1, 0.15) is 46.0 Å². The molecule has 1 fully saturated rings. The van der Waals surface area contributed by atoms with Crippen molar-refractivity contribution in [3.63, 3.8) is 0 Å². The van der Waals surface area contributed by atoms with Gasteiger partial charge in [-0.1, -0.05) is 13.3 Å². The maximum absolute atomic E-state index is 12.5. The Bertz CT molecular complexity index is 299. The first-order valence-corrected chi connectivity index (χ1v) is 6.82. The maximum Gasteiger partial charge on any atom is 0.243 e. The second-order valence-electron chi connectivity index (χ2n) is 5.26. The van der Waals surface area contributed by atoms with Gasteiger partial charge in [-0.15, -0.1) is 0 Å². The molecule has 0 aromatic rings. The highest BCUT2D eigenvalue weighted by Crippen LogP contribution is 2.21. The second kappa shape index (κ2) is 6.73. The number of amides is 2. The molecule has 1 rings (SSSR count). The first kappa shape index (κ1) is 15.0. The van der Waals surface area contributed by atoms with Crippen molar-refractivity contribution >= 4 is 11.8 Å². The molecule has 1 atom stereocenters. The van der Waals surface area contributed by atoms with Crippen molar-refractivity contribution in [3.05, 3.63) is 0 Å². The van der Waals surface area contributed by atoms with E-state index in [-0.39, 0.29) is 12.5 Å². The van der Waals surface area contributed by atoms with Gasteiger partial charge in [0.25, 0.3) is 0 Å². The van der Waals surface area contributed by atoms with Crippen LogP contribution in [0.25, 0.3) is 0 Å². The lowest BCUT2D eigenvalue weighted by Crippen LogP contribution is -2.59. The lowest BCUT2D eigenvalue weighted by atomic mass is 9.89. The van der Waals surface area contributed by atoms with Gasteiger partial charge < -0.3 is 16.0 Å². The topological polar surface area (TPSA) is 75.4 Å². The van der Waals surface area contributed by atoms with E-state index in [0.717, 1.165) is 38.6 Å². The molecule has 5 nitrogen and oxygen atoms in total. The molecule has 2 amide bonds. The average molecular weight is 255 g/mol. The SMILES string of the molecule is CCCCN(CC(N)=O)C(=O)C1(C)CCCCN1. The van der Waals surface area contributed by atoms with Crippen LogP contribution in [0.5, 0.6) is 0 Å². The highest BCUT2D eigenvalue weighted by molar-refractivity contribution is 5.89. The third-order valence-corrected chi connectivity index (χ3v) is 3.51. The maximum atomic E-state index is 12.5. The van der Waals surface area contributed by atoms with Gasteiger partial charge in [-0.2, -0.15) is 0 Å². The van der Waals surface area contributed by atoms with Gasteiger partial charge in [0, 0.05) is 6.54 Å². The standard InChI is InChI=1S/C13H25N3O2/c1-3-4-9-16(10-11(14)17)12(18)13(2)7-5-6-8-15-13/h15H,3-10H2,1-2H3,(H2,14,17). The average Bonchev–Trinajstić information content (AvgIpc) is 2.34. The van der Waals surface area contributed by atoms with E-state index in [4.69, 9.17) is 5.73 Å².